The monoisotopic (exact) mass is 398 g/mol. The number of hydrogen-bond acceptors (Lipinski definition) is 7. The Hall–Kier alpha value is -0.760. The van der Waals surface area contributed by atoms with Crippen LogP contribution in [0.1, 0.15) is 41.0 Å². The normalized spacial score (nSPS) is 13.2. The van der Waals surface area contributed by atoms with E-state index in [1.165, 1.54) is 0 Å². The molecule has 2 amide bonds. The number of thioether (sulfide) groups is 1. The molecule has 0 fully saturated rings. The molecule has 2 N–H and O–H groups in total. The van der Waals surface area contributed by atoms with Gasteiger partial charge in [0.05, 0.1) is 13.2 Å². The lowest BCUT2D eigenvalue weighted by Crippen LogP contribution is -2.48. The molecule has 0 heterocycles. The zero-order valence-corrected chi connectivity index (χ0v) is 17.6. The maximum Gasteiger partial charge on any atom is 0.408 e. The van der Waals surface area contributed by atoms with Gasteiger partial charge in [0.25, 0.3) is 0 Å². The van der Waals surface area contributed by atoms with Crippen molar-refractivity contribution in [2.45, 2.75) is 52.7 Å². The van der Waals surface area contributed by atoms with Crippen LogP contribution in [0.2, 0.25) is 0 Å². The zero-order valence-electron chi connectivity index (χ0n) is 15.9. The predicted octanol–water partition coefficient (Wildman–Crippen LogP) is 2.97. The Labute approximate surface area is 154 Å². The lowest BCUT2D eigenvalue weighted by Gasteiger charge is -2.24. The van der Waals surface area contributed by atoms with Crippen molar-refractivity contribution in [2.75, 3.05) is 31.5 Å². The van der Waals surface area contributed by atoms with Crippen LogP contribution in [-0.2, 0) is 23.1 Å². The molecule has 0 spiro atoms. The van der Waals surface area contributed by atoms with Gasteiger partial charge in [-0.15, -0.1) is 0 Å². The highest BCUT2D eigenvalue weighted by Gasteiger charge is 2.28. The lowest BCUT2D eigenvalue weighted by atomic mass is 10.2. The standard InChI is InChI=1S/C15H31N2O6PS/c1-7-21-24(20,22-8-2)11-16-13(18)12(9-10-25-6)17-14(19)23-15(3,4)5/h12H,7-11H2,1-6H3,(H,16,18)(H,17,19)/t12-/m1/s1. The number of hydrogen-bond donors (Lipinski definition) is 2. The van der Waals surface area contributed by atoms with Crippen LogP contribution >= 0.6 is 19.4 Å². The first-order chi connectivity index (χ1) is 11.6. The number of rotatable bonds is 11. The van der Waals surface area contributed by atoms with E-state index in [1.807, 2.05) is 6.26 Å². The molecule has 0 saturated carbocycles. The maximum absolute atomic E-state index is 12.4. The highest BCUT2D eigenvalue weighted by Crippen LogP contribution is 2.46. The summed E-state index contributed by atoms with van der Waals surface area (Å²) in [5, 5.41) is 5.09. The van der Waals surface area contributed by atoms with Crippen molar-refractivity contribution in [3.8, 4) is 0 Å². The Morgan fingerprint density at radius 3 is 2.16 bits per heavy atom. The molecule has 0 aliphatic rings. The van der Waals surface area contributed by atoms with Gasteiger partial charge in [0.15, 0.2) is 0 Å². The summed E-state index contributed by atoms with van der Waals surface area (Å²) < 4.78 is 27.8. The van der Waals surface area contributed by atoms with Crippen molar-refractivity contribution in [1.82, 2.24) is 10.6 Å². The molecule has 8 nitrogen and oxygen atoms in total. The van der Waals surface area contributed by atoms with Gasteiger partial charge in [0.1, 0.15) is 17.9 Å². The van der Waals surface area contributed by atoms with E-state index in [2.05, 4.69) is 10.6 Å². The minimum Gasteiger partial charge on any atom is -0.444 e. The molecule has 0 aliphatic carbocycles. The molecule has 0 rings (SSSR count). The third-order valence-electron chi connectivity index (χ3n) is 2.72. The Morgan fingerprint density at radius 2 is 1.72 bits per heavy atom. The van der Waals surface area contributed by atoms with Gasteiger partial charge in [-0.05, 0) is 53.0 Å². The summed E-state index contributed by atoms with van der Waals surface area (Å²) in [5.41, 5.74) is -0.662. The van der Waals surface area contributed by atoms with Crippen molar-refractivity contribution in [1.29, 1.82) is 0 Å². The van der Waals surface area contributed by atoms with Crippen molar-refractivity contribution in [3.63, 3.8) is 0 Å². The number of carbonyl (C=O) groups excluding carboxylic acids is 2. The molecule has 0 bridgehead atoms. The number of alkyl carbamates (subject to hydrolysis) is 1. The molecule has 0 aromatic rings. The first-order valence-electron chi connectivity index (χ1n) is 8.21. The summed E-state index contributed by atoms with van der Waals surface area (Å²) in [6.45, 7) is 9.02. The smallest absolute Gasteiger partial charge is 0.408 e. The fourth-order valence-electron chi connectivity index (χ4n) is 1.77. The molecule has 0 radical (unpaired) electrons. The predicted molar refractivity (Wildman–Crippen MR) is 100 cm³/mol. The molecule has 25 heavy (non-hydrogen) atoms. The highest BCUT2D eigenvalue weighted by molar-refractivity contribution is 7.98. The van der Waals surface area contributed by atoms with Gasteiger partial charge in [0, 0.05) is 0 Å². The fourth-order valence-corrected chi connectivity index (χ4v) is 3.64. The summed E-state index contributed by atoms with van der Waals surface area (Å²) in [5.74, 6) is 0.210. The molecular formula is C15H31N2O6PS. The molecule has 0 saturated heterocycles. The third kappa shape index (κ3) is 11.5. The van der Waals surface area contributed by atoms with E-state index in [4.69, 9.17) is 13.8 Å². The van der Waals surface area contributed by atoms with E-state index in [0.29, 0.717) is 12.2 Å². The first kappa shape index (κ1) is 24.2. The Bertz CT molecular complexity index is 459. The van der Waals surface area contributed by atoms with E-state index < -0.39 is 31.2 Å². The fraction of sp³-hybridized carbons (Fsp3) is 0.867. The van der Waals surface area contributed by atoms with E-state index in [0.717, 1.165) is 0 Å². The van der Waals surface area contributed by atoms with Crippen molar-refractivity contribution in [3.05, 3.63) is 0 Å². The van der Waals surface area contributed by atoms with Crippen LogP contribution in [0.3, 0.4) is 0 Å². The summed E-state index contributed by atoms with van der Waals surface area (Å²) in [6.07, 6.45) is 1.39. The summed E-state index contributed by atoms with van der Waals surface area (Å²) in [6, 6.07) is -0.793. The van der Waals surface area contributed by atoms with E-state index in [-0.39, 0.29) is 19.5 Å². The van der Waals surface area contributed by atoms with Crippen LogP contribution in [0.4, 0.5) is 4.79 Å². The average molecular weight is 398 g/mol. The topological polar surface area (TPSA) is 103 Å². The number of carbonyl (C=O) groups is 2. The lowest BCUT2D eigenvalue weighted by molar-refractivity contribution is -0.123. The molecule has 10 heteroatoms. The SMILES string of the molecule is CCOP(=O)(CNC(=O)[C@@H](CCSC)NC(=O)OC(C)(C)C)OCC. The van der Waals surface area contributed by atoms with Gasteiger partial charge in [-0.25, -0.2) is 4.79 Å². The largest absolute Gasteiger partial charge is 0.444 e. The molecule has 0 unspecified atom stereocenters. The Morgan fingerprint density at radius 1 is 1.16 bits per heavy atom. The minimum atomic E-state index is -3.39. The molecule has 0 aromatic heterocycles. The van der Waals surface area contributed by atoms with Gasteiger partial charge < -0.3 is 24.4 Å². The molecular weight excluding hydrogens is 367 g/mol. The van der Waals surface area contributed by atoms with Crippen LogP contribution in [0.5, 0.6) is 0 Å². The van der Waals surface area contributed by atoms with E-state index in [9.17, 15) is 14.2 Å². The van der Waals surface area contributed by atoms with Crippen LogP contribution in [0.25, 0.3) is 0 Å². The summed E-state index contributed by atoms with van der Waals surface area (Å²) in [4.78, 5) is 24.3. The summed E-state index contributed by atoms with van der Waals surface area (Å²) >= 11 is 1.55. The molecule has 148 valence electrons. The average Bonchev–Trinajstić information content (AvgIpc) is 2.47. The molecule has 1 atom stereocenters. The highest BCUT2D eigenvalue weighted by atomic mass is 32.2. The number of nitrogens with one attached hydrogen (secondary N) is 2. The Balaban J connectivity index is 4.82. The quantitative estimate of drug-likeness (QED) is 0.516. The van der Waals surface area contributed by atoms with Crippen molar-refractivity contribution >= 4 is 31.4 Å². The molecule has 0 aromatic carbocycles. The second kappa shape index (κ2) is 11.8. The first-order valence-corrected chi connectivity index (χ1v) is 11.3. The third-order valence-corrected chi connectivity index (χ3v) is 5.21. The van der Waals surface area contributed by atoms with Gasteiger partial charge in [-0.3, -0.25) is 9.36 Å². The van der Waals surface area contributed by atoms with Crippen molar-refractivity contribution < 1.29 is 27.9 Å². The van der Waals surface area contributed by atoms with Crippen molar-refractivity contribution in [2.24, 2.45) is 0 Å². The van der Waals surface area contributed by atoms with Gasteiger partial charge in [-0.1, -0.05) is 0 Å². The second-order valence-corrected chi connectivity index (χ2v) is 9.17. The van der Waals surface area contributed by atoms with Crippen LogP contribution in [0, 0.1) is 0 Å². The molecule has 0 aliphatic heterocycles. The number of ether oxygens (including phenoxy) is 1. The van der Waals surface area contributed by atoms with E-state index in [1.54, 1.807) is 46.4 Å². The maximum atomic E-state index is 12.4. The van der Waals surface area contributed by atoms with Crippen LogP contribution < -0.4 is 10.6 Å². The summed E-state index contributed by atoms with van der Waals surface area (Å²) in [7, 11) is -3.39. The number of amides is 2. The van der Waals surface area contributed by atoms with Crippen LogP contribution in [-0.4, -0.2) is 55.2 Å². The second-order valence-electron chi connectivity index (χ2n) is 6.13. The Kier molecular flexibility index (Phi) is 11.4. The zero-order chi connectivity index (χ0) is 19.5. The van der Waals surface area contributed by atoms with Gasteiger partial charge >= 0.3 is 13.7 Å². The van der Waals surface area contributed by atoms with Gasteiger partial charge in [0.2, 0.25) is 5.91 Å². The van der Waals surface area contributed by atoms with Crippen LogP contribution in [0.15, 0.2) is 0 Å². The minimum absolute atomic E-state index is 0.208. The van der Waals surface area contributed by atoms with Gasteiger partial charge in [-0.2, -0.15) is 11.8 Å². The van der Waals surface area contributed by atoms with E-state index >= 15 is 0 Å².